The highest BCUT2D eigenvalue weighted by Gasteiger charge is 2.14. The highest BCUT2D eigenvalue weighted by molar-refractivity contribution is 7.33. The number of hydrogen-bond donors (Lipinski definition) is 2. The second-order valence-electron chi connectivity index (χ2n) is 5.91. The molecule has 2 saturated carbocycles. The van der Waals surface area contributed by atoms with Gasteiger partial charge in [0.25, 0.3) is 0 Å². The summed E-state index contributed by atoms with van der Waals surface area (Å²) in [4.78, 5) is 0. The van der Waals surface area contributed by atoms with E-state index in [9.17, 15) is 4.57 Å². The zero-order valence-corrected chi connectivity index (χ0v) is 13.4. The molecule has 2 rings (SSSR count). The number of nitrogens with one attached hydrogen (secondary N) is 2. The van der Waals surface area contributed by atoms with E-state index in [0.29, 0.717) is 25.5 Å². The molecule has 0 aromatic heterocycles. The van der Waals surface area contributed by atoms with Crippen molar-refractivity contribution in [3.05, 3.63) is 0 Å². The first-order valence-electron chi connectivity index (χ1n) is 8.11. The molecule has 20 heavy (non-hydrogen) atoms. The van der Waals surface area contributed by atoms with Crippen LogP contribution in [0.4, 0.5) is 0 Å². The highest BCUT2D eigenvalue weighted by Crippen LogP contribution is 2.24. The van der Waals surface area contributed by atoms with Crippen molar-refractivity contribution in [3.63, 3.8) is 0 Å². The quantitative estimate of drug-likeness (QED) is 0.533. The first kappa shape index (κ1) is 16.4. The van der Waals surface area contributed by atoms with Crippen molar-refractivity contribution < 1.29 is 13.6 Å². The van der Waals surface area contributed by atoms with Crippen LogP contribution < -0.4 is 10.6 Å². The third kappa shape index (κ3) is 6.68. The summed E-state index contributed by atoms with van der Waals surface area (Å²) >= 11 is 0. The largest absolute Gasteiger partial charge is 0.321 e. The van der Waals surface area contributed by atoms with Crippen molar-refractivity contribution in [2.75, 3.05) is 13.5 Å². The van der Waals surface area contributed by atoms with E-state index in [1.807, 2.05) is 0 Å². The second-order valence-corrected chi connectivity index (χ2v) is 6.98. The molecule has 0 heterocycles. The molecule has 0 unspecified atom stereocenters. The third-order valence-corrected chi connectivity index (χ3v) is 5.09. The Hall–Kier alpha value is 0.0700. The zero-order chi connectivity index (χ0) is 14.0. The summed E-state index contributed by atoms with van der Waals surface area (Å²) in [5.41, 5.74) is 0. The highest BCUT2D eigenvalue weighted by atomic mass is 31.1. The Morgan fingerprint density at radius 3 is 1.55 bits per heavy atom. The first-order chi connectivity index (χ1) is 9.84. The van der Waals surface area contributed by atoms with Crippen LogP contribution in [0, 0.1) is 0 Å². The Bertz CT molecular complexity index is 254. The molecule has 0 bridgehead atoms. The van der Waals surface area contributed by atoms with Crippen molar-refractivity contribution in [1.82, 2.24) is 10.6 Å². The average Bonchev–Trinajstić information content (AvgIpc) is 2.49. The molecule has 0 atom stereocenters. The van der Waals surface area contributed by atoms with E-state index in [2.05, 4.69) is 10.6 Å². The van der Waals surface area contributed by atoms with Crippen LogP contribution in [0.25, 0.3) is 0 Å². The molecule has 5 nitrogen and oxygen atoms in total. The van der Waals surface area contributed by atoms with E-state index in [1.54, 1.807) is 0 Å². The van der Waals surface area contributed by atoms with Crippen molar-refractivity contribution in [1.29, 1.82) is 0 Å². The lowest BCUT2D eigenvalue weighted by atomic mass is 9.96. The zero-order valence-electron chi connectivity index (χ0n) is 12.4. The van der Waals surface area contributed by atoms with E-state index in [-0.39, 0.29) is 0 Å². The molecule has 0 amide bonds. The van der Waals surface area contributed by atoms with Crippen LogP contribution in [-0.4, -0.2) is 25.5 Å². The van der Waals surface area contributed by atoms with Gasteiger partial charge in [0.15, 0.2) is 0 Å². The monoisotopic (exact) mass is 304 g/mol. The minimum Gasteiger partial charge on any atom is -0.295 e. The van der Waals surface area contributed by atoms with Crippen LogP contribution in [0.2, 0.25) is 0 Å². The van der Waals surface area contributed by atoms with Gasteiger partial charge in [-0.25, -0.2) is 0 Å². The van der Waals surface area contributed by atoms with E-state index in [0.717, 1.165) is 0 Å². The molecule has 0 saturated heterocycles. The van der Waals surface area contributed by atoms with Crippen molar-refractivity contribution in [3.8, 4) is 0 Å². The fraction of sp³-hybridized carbons (Fsp3) is 1.00. The van der Waals surface area contributed by atoms with Crippen LogP contribution in [0.1, 0.15) is 64.2 Å². The molecule has 0 aromatic carbocycles. The Morgan fingerprint density at radius 2 is 1.15 bits per heavy atom. The molecule has 0 spiro atoms. The summed E-state index contributed by atoms with van der Waals surface area (Å²) in [5, 5.41) is 6.59. The van der Waals surface area contributed by atoms with Crippen molar-refractivity contribution in [2.24, 2.45) is 0 Å². The molecular weight excluding hydrogens is 275 g/mol. The number of rotatable bonds is 8. The van der Waals surface area contributed by atoms with Gasteiger partial charge in [0, 0.05) is 12.1 Å². The van der Waals surface area contributed by atoms with Crippen molar-refractivity contribution >= 4 is 8.25 Å². The Kier molecular flexibility index (Phi) is 8.14. The molecule has 2 fully saturated rings. The summed E-state index contributed by atoms with van der Waals surface area (Å²) in [6, 6.07) is 1.05. The lowest BCUT2D eigenvalue weighted by Gasteiger charge is -2.23. The van der Waals surface area contributed by atoms with Gasteiger partial charge in [0.2, 0.25) is 0 Å². The first-order valence-corrected chi connectivity index (χ1v) is 9.33. The maximum Gasteiger partial charge on any atom is 0.321 e. The molecule has 2 aliphatic rings. The Morgan fingerprint density at radius 1 is 0.750 bits per heavy atom. The fourth-order valence-electron chi connectivity index (χ4n) is 3.09. The van der Waals surface area contributed by atoms with Gasteiger partial charge in [-0.15, -0.1) is 0 Å². The molecule has 2 N–H and O–H groups in total. The molecule has 2 aliphatic carbocycles. The Labute approximate surface area is 123 Å². The minimum absolute atomic E-state index is 0.339. The van der Waals surface area contributed by atoms with Crippen LogP contribution in [-0.2, 0) is 13.6 Å². The maximum atomic E-state index is 11.6. The smallest absolute Gasteiger partial charge is 0.295 e. The van der Waals surface area contributed by atoms with E-state index < -0.39 is 8.25 Å². The predicted molar refractivity (Wildman–Crippen MR) is 80.9 cm³/mol. The van der Waals surface area contributed by atoms with Crippen LogP contribution in [0.5, 0.6) is 0 Å². The van der Waals surface area contributed by atoms with Gasteiger partial charge in [0.1, 0.15) is 13.5 Å². The molecule has 118 valence electrons. The van der Waals surface area contributed by atoms with Gasteiger partial charge in [-0.3, -0.25) is 24.2 Å². The van der Waals surface area contributed by atoms with Crippen LogP contribution in [0.3, 0.4) is 0 Å². The van der Waals surface area contributed by atoms with Gasteiger partial charge >= 0.3 is 8.25 Å². The SMILES string of the molecule is O=[PH](OCNC1CCCCC1)OCNC1CCCCC1. The van der Waals surface area contributed by atoms with E-state index in [1.165, 1.54) is 64.2 Å². The lowest BCUT2D eigenvalue weighted by molar-refractivity contribution is 0.177. The van der Waals surface area contributed by atoms with Gasteiger partial charge < -0.3 is 0 Å². The molecule has 6 heteroatoms. The third-order valence-electron chi connectivity index (χ3n) is 4.33. The van der Waals surface area contributed by atoms with Crippen LogP contribution in [0.15, 0.2) is 0 Å². The molecule has 0 aliphatic heterocycles. The normalized spacial score (nSPS) is 22.4. The summed E-state index contributed by atoms with van der Waals surface area (Å²) in [6.45, 7) is 0.678. The van der Waals surface area contributed by atoms with Crippen molar-refractivity contribution in [2.45, 2.75) is 76.3 Å². The number of hydrogen-bond acceptors (Lipinski definition) is 5. The van der Waals surface area contributed by atoms with Gasteiger partial charge in [0.05, 0.1) is 0 Å². The van der Waals surface area contributed by atoms with E-state index >= 15 is 0 Å². The van der Waals surface area contributed by atoms with Gasteiger partial charge in [-0.05, 0) is 25.7 Å². The van der Waals surface area contributed by atoms with Gasteiger partial charge in [-0.1, -0.05) is 38.5 Å². The maximum absolute atomic E-state index is 11.6. The fourth-order valence-corrected chi connectivity index (χ4v) is 3.58. The second kappa shape index (κ2) is 9.91. The van der Waals surface area contributed by atoms with Crippen LogP contribution >= 0.6 is 8.25 Å². The van der Waals surface area contributed by atoms with Gasteiger partial charge in [-0.2, -0.15) is 0 Å². The van der Waals surface area contributed by atoms with E-state index in [4.69, 9.17) is 9.05 Å². The molecule has 0 radical (unpaired) electrons. The summed E-state index contributed by atoms with van der Waals surface area (Å²) in [7, 11) is -2.37. The molecule has 0 aromatic rings. The average molecular weight is 304 g/mol. The lowest BCUT2D eigenvalue weighted by Crippen LogP contribution is -2.33. The minimum atomic E-state index is -2.37. The molecular formula is C14H29N2O3P. The summed E-state index contributed by atoms with van der Waals surface area (Å²) in [6.07, 6.45) is 12.6. The summed E-state index contributed by atoms with van der Waals surface area (Å²) < 4.78 is 22.0. The topological polar surface area (TPSA) is 59.6 Å². The standard InChI is InChI=1S/C14H29N2O3P/c17-20(18-11-15-13-7-3-1-4-8-13)19-12-16-14-9-5-2-6-10-14/h13-16,20H,1-12H2. The predicted octanol–water partition coefficient (Wildman–Crippen LogP) is 3.17. The Balaban J connectivity index is 1.45. The summed E-state index contributed by atoms with van der Waals surface area (Å²) in [5.74, 6) is 0.